The molecule has 1 aromatic carbocycles. The highest BCUT2D eigenvalue weighted by molar-refractivity contribution is 14.1. The second-order valence-electron chi connectivity index (χ2n) is 2.09. The minimum absolute atomic E-state index is 0.831. The van der Waals surface area contributed by atoms with Gasteiger partial charge in [0.15, 0.2) is 0 Å². The van der Waals surface area contributed by atoms with Crippen molar-refractivity contribution in [2.45, 2.75) is 13.3 Å². The first-order valence-electron chi connectivity index (χ1n) is 3.18. The molecule has 0 aliphatic rings. The van der Waals surface area contributed by atoms with Crippen LogP contribution in [0.1, 0.15) is 12.5 Å². The van der Waals surface area contributed by atoms with E-state index in [1.165, 1.54) is 9.13 Å². The Morgan fingerprint density at radius 1 is 1.50 bits per heavy atom. The summed E-state index contributed by atoms with van der Waals surface area (Å²) in [6, 6.07) is 5.98. The highest BCUT2D eigenvalue weighted by atomic mass is 127. The second-order valence-corrected chi connectivity index (χ2v) is 3.69. The maximum absolute atomic E-state index is 5.79. The summed E-state index contributed by atoms with van der Waals surface area (Å²) in [7, 11) is 0. The molecule has 1 aromatic rings. The average Bonchev–Trinajstić information content (AvgIpc) is 1.94. The molecule has 10 heavy (non-hydrogen) atoms. The van der Waals surface area contributed by atoms with E-state index in [0.29, 0.717) is 0 Å². The van der Waals surface area contributed by atoms with Gasteiger partial charge < -0.3 is 0 Å². The number of aryl methyl sites for hydroxylation is 1. The van der Waals surface area contributed by atoms with E-state index in [-0.39, 0.29) is 0 Å². The standard InChI is InChI=1S/C8H8ClI/c1-2-6-5-7(9)3-4-8(6)10/h3-5H,2H2,1H3. The summed E-state index contributed by atoms with van der Waals surface area (Å²) >= 11 is 8.11. The normalized spacial score (nSPS) is 9.90. The van der Waals surface area contributed by atoms with Crippen LogP contribution < -0.4 is 0 Å². The Bertz CT molecular complexity index is 233. The van der Waals surface area contributed by atoms with Gasteiger partial charge in [-0.2, -0.15) is 0 Å². The Kier molecular flexibility index (Phi) is 2.98. The summed E-state index contributed by atoms with van der Waals surface area (Å²) in [6.45, 7) is 2.13. The zero-order valence-corrected chi connectivity index (χ0v) is 8.61. The molecule has 0 radical (unpaired) electrons. The molecule has 0 heterocycles. The van der Waals surface area contributed by atoms with Gasteiger partial charge in [0.2, 0.25) is 0 Å². The van der Waals surface area contributed by atoms with Gasteiger partial charge in [0.1, 0.15) is 0 Å². The van der Waals surface area contributed by atoms with Crippen molar-refractivity contribution in [3.8, 4) is 0 Å². The van der Waals surface area contributed by atoms with Gasteiger partial charge in [-0.1, -0.05) is 18.5 Å². The van der Waals surface area contributed by atoms with Gasteiger partial charge >= 0.3 is 0 Å². The minimum Gasteiger partial charge on any atom is -0.0843 e. The Morgan fingerprint density at radius 2 is 2.20 bits per heavy atom. The van der Waals surface area contributed by atoms with E-state index in [1.807, 2.05) is 18.2 Å². The van der Waals surface area contributed by atoms with Crippen molar-refractivity contribution in [1.29, 1.82) is 0 Å². The van der Waals surface area contributed by atoms with E-state index >= 15 is 0 Å². The molecule has 2 heteroatoms. The van der Waals surface area contributed by atoms with Gasteiger partial charge in [0.25, 0.3) is 0 Å². The fraction of sp³-hybridized carbons (Fsp3) is 0.250. The van der Waals surface area contributed by atoms with Gasteiger partial charge in [-0.25, -0.2) is 0 Å². The van der Waals surface area contributed by atoms with Crippen molar-refractivity contribution in [2.75, 3.05) is 0 Å². The van der Waals surface area contributed by atoms with E-state index in [9.17, 15) is 0 Å². The number of rotatable bonds is 1. The molecule has 54 valence electrons. The van der Waals surface area contributed by atoms with Crippen molar-refractivity contribution < 1.29 is 0 Å². The zero-order chi connectivity index (χ0) is 7.56. The summed E-state index contributed by atoms with van der Waals surface area (Å²) < 4.78 is 1.30. The second kappa shape index (κ2) is 3.58. The molecule has 1 rings (SSSR count). The van der Waals surface area contributed by atoms with Crippen molar-refractivity contribution in [1.82, 2.24) is 0 Å². The molecule has 0 spiro atoms. The zero-order valence-electron chi connectivity index (χ0n) is 5.70. The van der Waals surface area contributed by atoms with Crippen LogP contribution in [0.25, 0.3) is 0 Å². The largest absolute Gasteiger partial charge is 0.0843 e. The van der Waals surface area contributed by atoms with Crippen LogP contribution >= 0.6 is 34.2 Å². The lowest BCUT2D eigenvalue weighted by Crippen LogP contribution is -1.83. The molecule has 0 amide bonds. The first-order valence-corrected chi connectivity index (χ1v) is 4.63. The molecule has 0 saturated heterocycles. The highest BCUT2D eigenvalue weighted by Gasteiger charge is 1.96. The molecule has 0 aliphatic heterocycles. The molecule has 0 unspecified atom stereocenters. The van der Waals surface area contributed by atoms with Gasteiger partial charge in [-0.05, 0) is 52.8 Å². The third-order valence-corrected chi connectivity index (χ3v) is 2.68. The van der Waals surface area contributed by atoms with Gasteiger partial charge in [-0.15, -0.1) is 0 Å². The molecule has 0 fully saturated rings. The quantitative estimate of drug-likeness (QED) is 0.683. The Balaban J connectivity index is 3.09. The number of halogens is 2. The van der Waals surface area contributed by atoms with Crippen LogP contribution in [0.2, 0.25) is 5.02 Å². The van der Waals surface area contributed by atoms with E-state index in [0.717, 1.165) is 11.4 Å². The molecule has 0 atom stereocenters. The summed E-state index contributed by atoms with van der Waals surface area (Å²) in [5, 5.41) is 0.831. The lowest BCUT2D eigenvalue weighted by atomic mass is 10.2. The van der Waals surface area contributed by atoms with Crippen LogP contribution in [0.4, 0.5) is 0 Å². The first kappa shape index (κ1) is 8.34. The van der Waals surface area contributed by atoms with Crippen molar-refractivity contribution >= 4 is 34.2 Å². The van der Waals surface area contributed by atoms with Crippen LogP contribution in [0, 0.1) is 3.57 Å². The first-order chi connectivity index (χ1) is 4.74. The third-order valence-electron chi connectivity index (χ3n) is 1.39. The van der Waals surface area contributed by atoms with E-state index < -0.39 is 0 Å². The topological polar surface area (TPSA) is 0 Å². The minimum atomic E-state index is 0.831. The summed E-state index contributed by atoms with van der Waals surface area (Å²) in [4.78, 5) is 0. The van der Waals surface area contributed by atoms with Crippen LogP contribution in [-0.4, -0.2) is 0 Å². The third kappa shape index (κ3) is 1.86. The molecule has 0 aliphatic carbocycles. The molecule has 0 nitrogen and oxygen atoms in total. The number of benzene rings is 1. The predicted molar refractivity (Wildman–Crippen MR) is 53.5 cm³/mol. The van der Waals surface area contributed by atoms with Crippen molar-refractivity contribution in [3.05, 3.63) is 32.4 Å². The fourth-order valence-corrected chi connectivity index (χ4v) is 1.73. The van der Waals surface area contributed by atoms with Gasteiger partial charge in [0.05, 0.1) is 0 Å². The van der Waals surface area contributed by atoms with E-state index in [4.69, 9.17) is 11.6 Å². The predicted octanol–water partition coefficient (Wildman–Crippen LogP) is 3.51. The molecular formula is C8H8ClI. The Hall–Kier alpha value is 0.240. The smallest absolute Gasteiger partial charge is 0.0409 e. The molecule has 0 aromatic heterocycles. The molecule has 0 saturated carbocycles. The molecular weight excluding hydrogens is 258 g/mol. The van der Waals surface area contributed by atoms with Gasteiger partial charge in [0, 0.05) is 8.59 Å². The maximum atomic E-state index is 5.79. The van der Waals surface area contributed by atoms with Crippen molar-refractivity contribution in [3.63, 3.8) is 0 Å². The van der Waals surface area contributed by atoms with Crippen LogP contribution in [0.3, 0.4) is 0 Å². The fourth-order valence-electron chi connectivity index (χ4n) is 0.814. The number of hydrogen-bond acceptors (Lipinski definition) is 0. The monoisotopic (exact) mass is 266 g/mol. The Labute approximate surface area is 79.7 Å². The van der Waals surface area contributed by atoms with Gasteiger partial charge in [-0.3, -0.25) is 0 Å². The highest BCUT2D eigenvalue weighted by Crippen LogP contribution is 2.17. The maximum Gasteiger partial charge on any atom is 0.0409 e. The summed E-state index contributed by atoms with van der Waals surface area (Å²) in [6.07, 6.45) is 1.05. The lowest BCUT2D eigenvalue weighted by Gasteiger charge is -1.99. The molecule has 0 N–H and O–H groups in total. The summed E-state index contributed by atoms with van der Waals surface area (Å²) in [5.41, 5.74) is 1.33. The SMILES string of the molecule is CCc1cc(Cl)ccc1I. The van der Waals surface area contributed by atoms with Crippen molar-refractivity contribution in [2.24, 2.45) is 0 Å². The van der Waals surface area contributed by atoms with Crippen LogP contribution in [-0.2, 0) is 6.42 Å². The summed E-state index contributed by atoms with van der Waals surface area (Å²) in [5.74, 6) is 0. The van der Waals surface area contributed by atoms with Crippen LogP contribution in [0.5, 0.6) is 0 Å². The van der Waals surface area contributed by atoms with Crippen LogP contribution in [0.15, 0.2) is 18.2 Å². The molecule has 0 bridgehead atoms. The van der Waals surface area contributed by atoms with E-state index in [2.05, 4.69) is 29.5 Å². The Morgan fingerprint density at radius 3 is 2.70 bits per heavy atom. The van der Waals surface area contributed by atoms with E-state index in [1.54, 1.807) is 0 Å². The lowest BCUT2D eigenvalue weighted by molar-refractivity contribution is 1.13. The average molecular weight is 267 g/mol. The number of hydrogen-bond donors (Lipinski definition) is 0.